The maximum atomic E-state index is 13.1. The number of benzene rings is 3. The topological polar surface area (TPSA) is 61.9 Å². The molecule has 0 radical (unpaired) electrons. The number of hydrogen-bond donors (Lipinski definition) is 1. The number of fused-ring (bicyclic) bond motifs is 2. The first-order chi connectivity index (χ1) is 18.0. The summed E-state index contributed by atoms with van der Waals surface area (Å²) in [7, 11) is 0. The molecular formula is C31H31N3O3. The first kappa shape index (κ1) is 23.5. The summed E-state index contributed by atoms with van der Waals surface area (Å²) >= 11 is 0. The Kier molecular flexibility index (Phi) is 6.26. The smallest absolute Gasteiger partial charge is 0.255 e. The monoisotopic (exact) mass is 493 g/mol. The van der Waals surface area contributed by atoms with Gasteiger partial charge in [-0.25, -0.2) is 0 Å². The molecule has 6 heteroatoms. The highest BCUT2D eigenvalue weighted by molar-refractivity contribution is 6.02. The first-order valence-corrected chi connectivity index (χ1v) is 13.0. The highest BCUT2D eigenvalue weighted by Crippen LogP contribution is 2.34. The fraction of sp³-hybridized carbons (Fsp3) is 0.290. The zero-order valence-corrected chi connectivity index (χ0v) is 20.9. The summed E-state index contributed by atoms with van der Waals surface area (Å²) in [6.45, 7) is 7.64. The van der Waals surface area contributed by atoms with Gasteiger partial charge in [-0.2, -0.15) is 0 Å². The molecule has 3 heterocycles. The van der Waals surface area contributed by atoms with E-state index in [-0.39, 0.29) is 11.8 Å². The van der Waals surface area contributed by atoms with Crippen LogP contribution in [0.3, 0.4) is 0 Å². The van der Waals surface area contributed by atoms with Crippen molar-refractivity contribution < 1.29 is 14.3 Å². The van der Waals surface area contributed by atoms with E-state index < -0.39 is 6.04 Å². The Morgan fingerprint density at radius 3 is 2.49 bits per heavy atom. The van der Waals surface area contributed by atoms with Gasteiger partial charge in [-0.1, -0.05) is 61.2 Å². The van der Waals surface area contributed by atoms with Crippen LogP contribution in [0, 0.1) is 0 Å². The van der Waals surface area contributed by atoms with Crippen molar-refractivity contribution in [2.75, 3.05) is 6.54 Å². The van der Waals surface area contributed by atoms with Crippen molar-refractivity contribution in [1.29, 1.82) is 0 Å². The summed E-state index contributed by atoms with van der Waals surface area (Å²) in [5, 5.41) is 2.79. The first-order valence-electron chi connectivity index (χ1n) is 13.0. The van der Waals surface area contributed by atoms with Gasteiger partial charge in [-0.3, -0.25) is 14.5 Å². The minimum atomic E-state index is -0.473. The Hall–Kier alpha value is -3.90. The molecule has 0 bridgehead atoms. The molecule has 3 aliphatic heterocycles. The summed E-state index contributed by atoms with van der Waals surface area (Å²) in [5.41, 5.74) is 7.45. The van der Waals surface area contributed by atoms with Crippen molar-refractivity contribution in [3.63, 3.8) is 0 Å². The van der Waals surface area contributed by atoms with Gasteiger partial charge in [0.05, 0.1) is 6.54 Å². The maximum Gasteiger partial charge on any atom is 0.255 e. The molecule has 0 saturated carbocycles. The van der Waals surface area contributed by atoms with Gasteiger partial charge in [-0.15, -0.1) is 0 Å². The van der Waals surface area contributed by atoms with Crippen molar-refractivity contribution in [2.45, 2.75) is 51.5 Å². The number of hydrogen-bond acceptors (Lipinski definition) is 4. The summed E-state index contributed by atoms with van der Waals surface area (Å²) in [6, 6.07) is 22.4. The van der Waals surface area contributed by atoms with Crippen LogP contribution in [-0.2, 0) is 37.5 Å². The molecule has 3 aromatic carbocycles. The SMILES string of the molecule is C=C1CCC(N2Cc3c(OCc4ccc(CN5CCc6ccccc6C5)cc4)cccc3C2=O)C(=O)N1. The van der Waals surface area contributed by atoms with Crippen molar-refractivity contribution in [3.8, 4) is 5.75 Å². The van der Waals surface area contributed by atoms with E-state index in [9.17, 15) is 9.59 Å². The van der Waals surface area contributed by atoms with E-state index in [2.05, 4.69) is 65.3 Å². The second-order valence-electron chi connectivity index (χ2n) is 10.2. The normalized spacial score (nSPS) is 19.4. The van der Waals surface area contributed by atoms with Crippen LogP contribution in [0.2, 0.25) is 0 Å². The molecule has 37 heavy (non-hydrogen) atoms. The zero-order valence-electron chi connectivity index (χ0n) is 20.9. The maximum absolute atomic E-state index is 13.1. The molecule has 3 aliphatic rings. The van der Waals surface area contributed by atoms with E-state index in [1.165, 1.54) is 16.7 Å². The summed E-state index contributed by atoms with van der Waals surface area (Å²) in [5.74, 6) is 0.427. The van der Waals surface area contributed by atoms with Gasteiger partial charge in [0.25, 0.3) is 5.91 Å². The van der Waals surface area contributed by atoms with E-state index >= 15 is 0 Å². The Morgan fingerprint density at radius 2 is 1.68 bits per heavy atom. The minimum absolute atomic E-state index is 0.113. The quantitative estimate of drug-likeness (QED) is 0.547. The molecule has 1 unspecified atom stereocenters. The number of rotatable bonds is 6. The van der Waals surface area contributed by atoms with Gasteiger partial charge in [-0.05, 0) is 53.6 Å². The molecular weight excluding hydrogens is 462 g/mol. The third-order valence-electron chi connectivity index (χ3n) is 7.68. The van der Waals surface area contributed by atoms with Gasteiger partial charge < -0.3 is 15.0 Å². The van der Waals surface area contributed by atoms with Crippen molar-refractivity contribution in [1.82, 2.24) is 15.1 Å². The summed E-state index contributed by atoms with van der Waals surface area (Å²) < 4.78 is 6.19. The molecule has 1 fully saturated rings. The van der Waals surface area contributed by atoms with E-state index in [0.717, 1.165) is 37.2 Å². The number of nitrogens with one attached hydrogen (secondary N) is 1. The van der Waals surface area contributed by atoms with E-state index in [4.69, 9.17) is 4.74 Å². The third kappa shape index (κ3) is 4.77. The molecule has 1 saturated heterocycles. The van der Waals surface area contributed by atoms with Crippen LogP contribution < -0.4 is 10.1 Å². The Bertz CT molecular complexity index is 1360. The third-order valence-corrected chi connectivity index (χ3v) is 7.68. The number of nitrogens with zero attached hydrogens (tertiary/aromatic N) is 2. The highest BCUT2D eigenvalue weighted by atomic mass is 16.5. The summed E-state index contributed by atoms with van der Waals surface area (Å²) in [6.07, 6.45) is 2.38. The number of piperidine rings is 1. The lowest BCUT2D eigenvalue weighted by atomic mass is 9.99. The zero-order chi connectivity index (χ0) is 25.4. The predicted octanol–water partition coefficient (Wildman–Crippen LogP) is 4.57. The minimum Gasteiger partial charge on any atom is -0.489 e. The van der Waals surface area contributed by atoms with Crippen molar-refractivity contribution in [3.05, 3.63) is 112 Å². The molecule has 0 spiro atoms. The Balaban J connectivity index is 1.08. The number of allylic oxidation sites excluding steroid dienone is 1. The molecule has 6 rings (SSSR count). The van der Waals surface area contributed by atoms with Gasteiger partial charge in [0.15, 0.2) is 0 Å². The standard InChI is InChI=1S/C31H31N3O3/c1-21-9-14-28(30(35)32-21)34-19-27-26(31(34)36)7-4-8-29(27)37-20-23-12-10-22(11-13-23)17-33-16-15-24-5-2-3-6-25(24)18-33/h2-8,10-13,28H,1,9,14-20H2,(H,32,35). The van der Waals surface area contributed by atoms with Crippen LogP contribution in [0.4, 0.5) is 0 Å². The molecule has 1 N–H and O–H groups in total. The fourth-order valence-corrected chi connectivity index (χ4v) is 5.62. The van der Waals surface area contributed by atoms with Crippen LogP contribution in [0.1, 0.15) is 51.0 Å². The molecule has 2 amide bonds. The number of carbonyl (C=O) groups is 2. The van der Waals surface area contributed by atoms with Gasteiger partial charge >= 0.3 is 0 Å². The average Bonchev–Trinajstić information content (AvgIpc) is 3.25. The summed E-state index contributed by atoms with van der Waals surface area (Å²) in [4.78, 5) is 29.7. The van der Waals surface area contributed by atoms with E-state index in [1.54, 1.807) is 4.90 Å². The largest absolute Gasteiger partial charge is 0.489 e. The van der Waals surface area contributed by atoms with Gasteiger partial charge in [0.2, 0.25) is 5.91 Å². The Labute approximate surface area is 217 Å². The molecule has 1 atom stereocenters. The molecule has 0 aliphatic carbocycles. The molecule has 0 aromatic heterocycles. The number of ether oxygens (including phenoxy) is 1. The van der Waals surface area contributed by atoms with Crippen LogP contribution >= 0.6 is 0 Å². The van der Waals surface area contributed by atoms with Crippen molar-refractivity contribution >= 4 is 11.8 Å². The van der Waals surface area contributed by atoms with Gasteiger partial charge in [0.1, 0.15) is 18.4 Å². The van der Waals surface area contributed by atoms with E-state index in [0.29, 0.717) is 43.0 Å². The lowest BCUT2D eigenvalue weighted by Gasteiger charge is -2.31. The highest BCUT2D eigenvalue weighted by Gasteiger charge is 2.39. The number of carbonyl (C=O) groups excluding carboxylic acids is 2. The van der Waals surface area contributed by atoms with E-state index in [1.807, 2.05) is 18.2 Å². The average molecular weight is 494 g/mol. The lowest BCUT2D eigenvalue weighted by Crippen LogP contribution is -2.49. The number of amides is 2. The molecule has 188 valence electrons. The van der Waals surface area contributed by atoms with Gasteiger partial charge in [0, 0.05) is 36.5 Å². The molecule has 6 nitrogen and oxygen atoms in total. The van der Waals surface area contributed by atoms with Crippen LogP contribution in [0.25, 0.3) is 0 Å². The second kappa shape index (κ2) is 9.87. The van der Waals surface area contributed by atoms with Crippen LogP contribution in [0.15, 0.2) is 79.0 Å². The Morgan fingerprint density at radius 1 is 0.892 bits per heavy atom. The van der Waals surface area contributed by atoms with Crippen LogP contribution in [0.5, 0.6) is 5.75 Å². The second-order valence-corrected chi connectivity index (χ2v) is 10.2. The predicted molar refractivity (Wildman–Crippen MR) is 142 cm³/mol. The van der Waals surface area contributed by atoms with Crippen molar-refractivity contribution in [2.24, 2.45) is 0 Å². The lowest BCUT2D eigenvalue weighted by molar-refractivity contribution is -0.126. The molecule has 3 aromatic rings. The van der Waals surface area contributed by atoms with Crippen LogP contribution in [-0.4, -0.2) is 34.2 Å². The fourth-order valence-electron chi connectivity index (χ4n) is 5.62.